The molecular formula is C12H15Br3N2. The predicted octanol–water partition coefficient (Wildman–Crippen LogP) is 4.61. The summed E-state index contributed by atoms with van der Waals surface area (Å²) < 4.78 is 2.09. The average molecular weight is 427 g/mol. The summed E-state index contributed by atoms with van der Waals surface area (Å²) in [5.74, 6) is 1.87. The van der Waals surface area contributed by atoms with Gasteiger partial charge in [0.15, 0.2) is 0 Å². The molecule has 2 nitrogen and oxygen atoms in total. The van der Waals surface area contributed by atoms with Gasteiger partial charge in [0.05, 0.1) is 4.47 Å². The molecule has 0 saturated carbocycles. The molecule has 1 unspecified atom stereocenters. The monoisotopic (exact) mass is 424 g/mol. The molecule has 0 N–H and O–H groups in total. The number of rotatable bonds is 3. The molecule has 0 aromatic carbocycles. The molecule has 1 saturated heterocycles. The van der Waals surface area contributed by atoms with Crippen LogP contribution in [0.3, 0.4) is 0 Å². The van der Waals surface area contributed by atoms with Crippen LogP contribution in [0.4, 0.5) is 5.82 Å². The number of hydrogen-bond donors (Lipinski definition) is 0. The van der Waals surface area contributed by atoms with Gasteiger partial charge in [-0.25, -0.2) is 4.98 Å². The van der Waals surface area contributed by atoms with Crippen LogP contribution in [0.5, 0.6) is 0 Å². The third-order valence-corrected chi connectivity index (χ3v) is 4.60. The Morgan fingerprint density at radius 3 is 2.94 bits per heavy atom. The molecule has 2 rings (SSSR count). The molecule has 17 heavy (non-hydrogen) atoms. The van der Waals surface area contributed by atoms with Gasteiger partial charge in [-0.05, 0) is 63.1 Å². The van der Waals surface area contributed by atoms with E-state index >= 15 is 0 Å². The molecule has 1 fully saturated rings. The third-order valence-electron chi connectivity index (χ3n) is 3.12. The van der Waals surface area contributed by atoms with E-state index in [9.17, 15) is 0 Å². The highest BCUT2D eigenvalue weighted by Gasteiger charge is 2.21. The Bertz CT molecular complexity index is 382. The van der Waals surface area contributed by atoms with Gasteiger partial charge in [0.25, 0.3) is 0 Å². The Morgan fingerprint density at radius 2 is 2.24 bits per heavy atom. The molecule has 2 heterocycles. The quantitative estimate of drug-likeness (QED) is 0.656. The Labute approximate surface area is 128 Å². The number of alkyl halides is 1. The predicted molar refractivity (Wildman–Crippen MR) is 83.0 cm³/mol. The summed E-state index contributed by atoms with van der Waals surface area (Å²) in [7, 11) is 0. The fraction of sp³-hybridized carbons (Fsp3) is 0.583. The minimum absolute atomic E-state index is 0.792. The van der Waals surface area contributed by atoms with E-state index in [4.69, 9.17) is 0 Å². The molecule has 0 bridgehead atoms. The number of nitrogens with zero attached hydrogens (tertiary/aromatic N) is 2. The first kappa shape index (κ1) is 13.8. The van der Waals surface area contributed by atoms with Crippen LogP contribution < -0.4 is 4.90 Å². The van der Waals surface area contributed by atoms with Crippen molar-refractivity contribution in [2.45, 2.75) is 19.3 Å². The van der Waals surface area contributed by atoms with E-state index in [2.05, 4.69) is 63.7 Å². The molecule has 0 radical (unpaired) electrons. The van der Waals surface area contributed by atoms with Crippen LogP contribution in [0.2, 0.25) is 0 Å². The Balaban J connectivity index is 2.10. The fourth-order valence-electron chi connectivity index (χ4n) is 2.29. The molecule has 1 atom stereocenters. The number of hydrogen-bond acceptors (Lipinski definition) is 2. The zero-order valence-electron chi connectivity index (χ0n) is 9.50. The van der Waals surface area contributed by atoms with Crippen molar-refractivity contribution >= 4 is 53.6 Å². The first-order valence-corrected chi connectivity index (χ1v) is 8.53. The Hall–Kier alpha value is 0.390. The van der Waals surface area contributed by atoms with Gasteiger partial charge in [0.2, 0.25) is 0 Å². The Morgan fingerprint density at radius 1 is 1.41 bits per heavy atom. The standard InChI is InChI=1S/C12H15Br3N2/c13-4-3-9-2-1-5-17(8-9)12-11(15)6-10(14)7-16-12/h6-7,9H,1-5,8H2. The summed E-state index contributed by atoms with van der Waals surface area (Å²) in [4.78, 5) is 6.91. The minimum Gasteiger partial charge on any atom is -0.355 e. The lowest BCUT2D eigenvalue weighted by atomic mass is 9.96. The van der Waals surface area contributed by atoms with Crippen molar-refractivity contribution in [3.8, 4) is 0 Å². The van der Waals surface area contributed by atoms with Crippen LogP contribution in [0.15, 0.2) is 21.2 Å². The van der Waals surface area contributed by atoms with Crippen LogP contribution in [-0.4, -0.2) is 23.4 Å². The van der Waals surface area contributed by atoms with Crippen LogP contribution in [0.25, 0.3) is 0 Å². The lowest BCUT2D eigenvalue weighted by Gasteiger charge is -2.34. The number of pyridine rings is 1. The van der Waals surface area contributed by atoms with E-state index in [1.807, 2.05) is 6.20 Å². The van der Waals surface area contributed by atoms with Gasteiger partial charge in [-0.3, -0.25) is 0 Å². The summed E-state index contributed by atoms with van der Waals surface area (Å²) in [6.45, 7) is 2.24. The maximum Gasteiger partial charge on any atom is 0.142 e. The largest absolute Gasteiger partial charge is 0.355 e. The summed E-state index contributed by atoms with van der Waals surface area (Å²) in [6.07, 6.45) is 5.73. The van der Waals surface area contributed by atoms with Crippen molar-refractivity contribution in [2.75, 3.05) is 23.3 Å². The summed E-state index contributed by atoms with van der Waals surface area (Å²) >= 11 is 10.6. The second kappa shape index (κ2) is 6.53. The second-order valence-corrected chi connectivity index (χ2v) is 6.95. The number of halogens is 3. The number of aromatic nitrogens is 1. The molecule has 94 valence electrons. The van der Waals surface area contributed by atoms with Gasteiger partial charge in [-0.15, -0.1) is 0 Å². The summed E-state index contributed by atoms with van der Waals surface area (Å²) in [6, 6.07) is 2.07. The van der Waals surface area contributed by atoms with Gasteiger partial charge < -0.3 is 4.90 Å². The van der Waals surface area contributed by atoms with Gasteiger partial charge >= 0.3 is 0 Å². The number of piperidine rings is 1. The molecule has 0 aliphatic carbocycles. The van der Waals surface area contributed by atoms with E-state index < -0.39 is 0 Å². The normalized spacial score (nSPS) is 20.6. The molecular weight excluding hydrogens is 412 g/mol. The first-order valence-electron chi connectivity index (χ1n) is 5.82. The topological polar surface area (TPSA) is 16.1 Å². The van der Waals surface area contributed by atoms with E-state index in [0.29, 0.717) is 0 Å². The molecule has 0 spiro atoms. The van der Waals surface area contributed by atoms with Crippen molar-refractivity contribution in [3.05, 3.63) is 21.2 Å². The highest BCUT2D eigenvalue weighted by molar-refractivity contribution is 9.11. The van der Waals surface area contributed by atoms with Crippen LogP contribution in [0.1, 0.15) is 19.3 Å². The zero-order valence-corrected chi connectivity index (χ0v) is 14.3. The van der Waals surface area contributed by atoms with Gasteiger partial charge in [0.1, 0.15) is 5.82 Å². The van der Waals surface area contributed by atoms with Crippen molar-refractivity contribution in [3.63, 3.8) is 0 Å². The van der Waals surface area contributed by atoms with E-state index in [1.54, 1.807) is 0 Å². The minimum atomic E-state index is 0.792. The maximum absolute atomic E-state index is 4.52. The van der Waals surface area contributed by atoms with Gasteiger partial charge in [0, 0.05) is 29.1 Å². The van der Waals surface area contributed by atoms with Crippen LogP contribution in [-0.2, 0) is 0 Å². The van der Waals surface area contributed by atoms with Gasteiger partial charge in [-0.2, -0.15) is 0 Å². The first-order chi connectivity index (χ1) is 8.20. The SMILES string of the molecule is BrCCC1CCCN(c2ncc(Br)cc2Br)C1. The average Bonchev–Trinajstić information content (AvgIpc) is 2.29. The number of anilines is 1. The molecule has 1 aliphatic rings. The maximum atomic E-state index is 4.52. The van der Waals surface area contributed by atoms with Crippen molar-refractivity contribution < 1.29 is 0 Å². The second-order valence-electron chi connectivity index (χ2n) is 4.39. The molecule has 0 amide bonds. The van der Waals surface area contributed by atoms with Crippen LogP contribution in [0, 0.1) is 5.92 Å². The fourth-order valence-corrected chi connectivity index (χ4v) is 4.17. The highest BCUT2D eigenvalue weighted by Crippen LogP contribution is 2.30. The summed E-state index contributed by atoms with van der Waals surface area (Å²) in [5, 5.41) is 1.10. The van der Waals surface area contributed by atoms with Crippen molar-refractivity contribution in [1.82, 2.24) is 4.98 Å². The third kappa shape index (κ3) is 3.67. The Kier molecular flexibility index (Phi) is 5.30. The summed E-state index contributed by atoms with van der Waals surface area (Å²) in [5.41, 5.74) is 0. The van der Waals surface area contributed by atoms with Gasteiger partial charge in [-0.1, -0.05) is 15.9 Å². The molecule has 1 aliphatic heterocycles. The van der Waals surface area contributed by atoms with E-state index in [0.717, 1.165) is 39.1 Å². The smallest absolute Gasteiger partial charge is 0.142 e. The van der Waals surface area contributed by atoms with E-state index in [-0.39, 0.29) is 0 Å². The lowest BCUT2D eigenvalue weighted by molar-refractivity contribution is 0.406. The highest BCUT2D eigenvalue weighted by atomic mass is 79.9. The molecule has 1 aromatic heterocycles. The van der Waals surface area contributed by atoms with Crippen LogP contribution >= 0.6 is 47.8 Å². The molecule has 1 aromatic rings. The van der Waals surface area contributed by atoms with Crippen molar-refractivity contribution in [2.24, 2.45) is 5.92 Å². The van der Waals surface area contributed by atoms with E-state index in [1.165, 1.54) is 19.3 Å². The molecule has 5 heteroatoms. The van der Waals surface area contributed by atoms with Crippen molar-refractivity contribution in [1.29, 1.82) is 0 Å². The zero-order chi connectivity index (χ0) is 12.3. The lowest BCUT2D eigenvalue weighted by Crippen LogP contribution is -2.36.